The predicted molar refractivity (Wildman–Crippen MR) is 108 cm³/mol. The number of benzene rings is 2. The molecule has 1 atom stereocenters. The molecule has 0 saturated carbocycles. The van der Waals surface area contributed by atoms with E-state index in [1.807, 2.05) is 6.92 Å². The Labute approximate surface area is 173 Å². The van der Waals surface area contributed by atoms with Crippen LogP contribution in [0.25, 0.3) is 0 Å². The van der Waals surface area contributed by atoms with Crippen molar-refractivity contribution in [3.8, 4) is 11.5 Å². The smallest absolute Gasteiger partial charge is 0.339 e. The van der Waals surface area contributed by atoms with E-state index >= 15 is 0 Å². The molecule has 0 aromatic heterocycles. The van der Waals surface area contributed by atoms with Crippen molar-refractivity contribution in [1.29, 1.82) is 0 Å². The minimum absolute atomic E-state index is 0.000462. The van der Waals surface area contributed by atoms with Crippen LogP contribution in [0, 0.1) is 5.82 Å². The first-order chi connectivity index (χ1) is 13.9. The van der Waals surface area contributed by atoms with E-state index in [0.29, 0.717) is 24.7 Å². The highest BCUT2D eigenvalue weighted by atomic mass is 35.5. The molecule has 0 spiro atoms. The van der Waals surface area contributed by atoms with Gasteiger partial charge in [-0.3, -0.25) is 4.79 Å². The lowest BCUT2D eigenvalue weighted by Gasteiger charge is -2.16. The maximum atomic E-state index is 13.7. The highest BCUT2D eigenvalue weighted by molar-refractivity contribution is 6.32. The summed E-state index contributed by atoms with van der Waals surface area (Å²) in [6.45, 7) is 5.92. The van der Waals surface area contributed by atoms with Crippen molar-refractivity contribution in [2.75, 3.05) is 18.5 Å². The monoisotopic (exact) mass is 423 g/mol. The summed E-state index contributed by atoms with van der Waals surface area (Å²) in [5.74, 6) is -1.37. The fraction of sp³-hybridized carbons (Fsp3) is 0.333. The maximum absolute atomic E-state index is 13.7. The van der Waals surface area contributed by atoms with Crippen molar-refractivity contribution in [3.63, 3.8) is 0 Å². The molecule has 6 nitrogen and oxygen atoms in total. The lowest BCUT2D eigenvalue weighted by atomic mass is 10.2. The van der Waals surface area contributed by atoms with Gasteiger partial charge in [0.2, 0.25) is 0 Å². The molecule has 0 radical (unpaired) electrons. The number of hydrogen-bond acceptors (Lipinski definition) is 5. The van der Waals surface area contributed by atoms with Gasteiger partial charge in [-0.05, 0) is 44.5 Å². The number of para-hydroxylation sites is 1. The third-order valence-corrected chi connectivity index (χ3v) is 4.06. The zero-order valence-electron chi connectivity index (χ0n) is 16.5. The van der Waals surface area contributed by atoms with Crippen LogP contribution in [0.1, 0.15) is 37.6 Å². The molecule has 0 aliphatic rings. The van der Waals surface area contributed by atoms with Crippen molar-refractivity contribution in [3.05, 3.63) is 52.8 Å². The number of ether oxygens (including phenoxy) is 3. The van der Waals surface area contributed by atoms with Crippen LogP contribution >= 0.6 is 11.6 Å². The highest BCUT2D eigenvalue weighted by Crippen LogP contribution is 2.37. The van der Waals surface area contributed by atoms with Crippen LogP contribution in [0.2, 0.25) is 5.02 Å². The third-order valence-electron chi connectivity index (χ3n) is 3.78. The minimum Gasteiger partial charge on any atom is -0.490 e. The molecule has 1 amide bonds. The molecular formula is C21H23ClFNO5. The quantitative estimate of drug-likeness (QED) is 0.583. The molecule has 0 saturated heterocycles. The van der Waals surface area contributed by atoms with Gasteiger partial charge in [0.25, 0.3) is 5.91 Å². The van der Waals surface area contributed by atoms with Gasteiger partial charge < -0.3 is 19.5 Å². The summed E-state index contributed by atoms with van der Waals surface area (Å²) in [6, 6.07) is 8.54. The van der Waals surface area contributed by atoms with E-state index in [-0.39, 0.29) is 16.3 Å². The summed E-state index contributed by atoms with van der Waals surface area (Å²) in [5.41, 5.74) is 0.104. The Balaban J connectivity index is 2.12. The number of nitrogens with one attached hydrogen (secondary N) is 1. The normalized spacial score (nSPS) is 11.5. The van der Waals surface area contributed by atoms with E-state index in [1.165, 1.54) is 37.3 Å². The zero-order chi connectivity index (χ0) is 21.4. The largest absolute Gasteiger partial charge is 0.490 e. The zero-order valence-corrected chi connectivity index (χ0v) is 17.2. The van der Waals surface area contributed by atoms with Gasteiger partial charge in [-0.1, -0.05) is 30.7 Å². The van der Waals surface area contributed by atoms with Gasteiger partial charge in [0.15, 0.2) is 17.6 Å². The summed E-state index contributed by atoms with van der Waals surface area (Å²) in [7, 11) is 0. The number of carbonyl (C=O) groups is 2. The molecule has 0 heterocycles. The number of esters is 1. The van der Waals surface area contributed by atoms with Crippen molar-refractivity contribution < 1.29 is 28.2 Å². The maximum Gasteiger partial charge on any atom is 0.339 e. The van der Waals surface area contributed by atoms with E-state index in [9.17, 15) is 14.0 Å². The number of halogens is 2. The molecule has 2 aromatic carbocycles. The van der Waals surface area contributed by atoms with Crippen LogP contribution in [0.4, 0.5) is 10.1 Å². The van der Waals surface area contributed by atoms with Crippen LogP contribution in [-0.2, 0) is 9.53 Å². The first-order valence-corrected chi connectivity index (χ1v) is 9.60. The Hall–Kier alpha value is -2.80. The predicted octanol–water partition coefficient (Wildman–Crippen LogP) is 4.85. The van der Waals surface area contributed by atoms with Crippen molar-refractivity contribution >= 4 is 29.2 Å². The molecule has 1 N–H and O–H groups in total. The average Bonchev–Trinajstić information content (AvgIpc) is 2.69. The van der Waals surface area contributed by atoms with Crippen LogP contribution in [0.15, 0.2) is 36.4 Å². The molecular weight excluding hydrogens is 401 g/mol. The van der Waals surface area contributed by atoms with Crippen LogP contribution < -0.4 is 14.8 Å². The minimum atomic E-state index is -1.16. The lowest BCUT2D eigenvalue weighted by molar-refractivity contribution is -0.123. The Kier molecular flexibility index (Phi) is 8.27. The van der Waals surface area contributed by atoms with E-state index in [4.69, 9.17) is 25.8 Å². The van der Waals surface area contributed by atoms with E-state index < -0.39 is 23.8 Å². The molecule has 0 fully saturated rings. The number of anilines is 1. The van der Waals surface area contributed by atoms with Crippen molar-refractivity contribution in [1.82, 2.24) is 0 Å². The summed E-state index contributed by atoms with van der Waals surface area (Å²) < 4.78 is 30.0. The molecule has 2 aromatic rings. The Morgan fingerprint density at radius 1 is 1.17 bits per heavy atom. The average molecular weight is 424 g/mol. The lowest BCUT2D eigenvalue weighted by Crippen LogP contribution is -2.30. The summed E-state index contributed by atoms with van der Waals surface area (Å²) in [4.78, 5) is 24.7. The second-order valence-electron chi connectivity index (χ2n) is 6.08. The topological polar surface area (TPSA) is 73.9 Å². The number of hydrogen-bond donors (Lipinski definition) is 1. The van der Waals surface area contributed by atoms with Gasteiger partial charge in [-0.2, -0.15) is 0 Å². The van der Waals surface area contributed by atoms with E-state index in [1.54, 1.807) is 13.0 Å². The second-order valence-corrected chi connectivity index (χ2v) is 6.49. The SMILES string of the molecule is CCCOc1c(Cl)cc(C(=O)OC(C)C(=O)Nc2ccccc2F)cc1OCC. The molecule has 8 heteroatoms. The first-order valence-electron chi connectivity index (χ1n) is 9.22. The Bertz CT molecular complexity index is 874. The van der Waals surface area contributed by atoms with E-state index in [0.717, 1.165) is 6.42 Å². The molecule has 2 rings (SSSR count). The van der Waals surface area contributed by atoms with Gasteiger partial charge in [-0.25, -0.2) is 9.18 Å². The number of amides is 1. The van der Waals surface area contributed by atoms with Gasteiger partial charge in [0.05, 0.1) is 29.5 Å². The Morgan fingerprint density at radius 2 is 1.90 bits per heavy atom. The molecule has 0 bridgehead atoms. The van der Waals surface area contributed by atoms with Gasteiger partial charge >= 0.3 is 5.97 Å². The summed E-state index contributed by atoms with van der Waals surface area (Å²) in [5, 5.41) is 2.57. The third kappa shape index (κ3) is 6.09. The van der Waals surface area contributed by atoms with E-state index in [2.05, 4.69) is 5.32 Å². The molecule has 0 aliphatic carbocycles. The fourth-order valence-electron chi connectivity index (χ4n) is 2.37. The number of rotatable bonds is 9. The van der Waals surface area contributed by atoms with Gasteiger partial charge in [0, 0.05) is 0 Å². The number of carbonyl (C=O) groups excluding carboxylic acids is 2. The Morgan fingerprint density at radius 3 is 2.55 bits per heavy atom. The molecule has 156 valence electrons. The van der Waals surface area contributed by atoms with Crippen molar-refractivity contribution in [2.45, 2.75) is 33.3 Å². The fourth-order valence-corrected chi connectivity index (χ4v) is 2.64. The first kappa shape index (κ1) is 22.5. The summed E-state index contributed by atoms with van der Waals surface area (Å²) in [6.07, 6.45) is -0.382. The van der Waals surface area contributed by atoms with Gasteiger partial charge in [0.1, 0.15) is 5.82 Å². The highest BCUT2D eigenvalue weighted by Gasteiger charge is 2.22. The molecule has 29 heavy (non-hydrogen) atoms. The van der Waals surface area contributed by atoms with Crippen LogP contribution in [0.3, 0.4) is 0 Å². The standard InChI is InChI=1S/C21H23ClFNO5/c1-4-10-28-19-15(22)11-14(12-18(19)27-5-2)21(26)29-13(3)20(25)24-17-9-7-6-8-16(17)23/h6-9,11-13H,4-5,10H2,1-3H3,(H,24,25). The molecule has 0 aliphatic heterocycles. The molecule has 1 unspecified atom stereocenters. The van der Waals surface area contributed by atoms with Crippen LogP contribution in [0.5, 0.6) is 11.5 Å². The van der Waals surface area contributed by atoms with Crippen LogP contribution in [-0.4, -0.2) is 31.2 Å². The second kappa shape index (κ2) is 10.7. The van der Waals surface area contributed by atoms with Gasteiger partial charge in [-0.15, -0.1) is 0 Å². The summed E-state index contributed by atoms with van der Waals surface area (Å²) >= 11 is 6.24. The van der Waals surface area contributed by atoms with Crippen molar-refractivity contribution in [2.24, 2.45) is 0 Å².